The van der Waals surface area contributed by atoms with Crippen molar-refractivity contribution in [2.75, 3.05) is 31.8 Å². The molecule has 13 heavy (non-hydrogen) atoms. The molecule has 0 spiro atoms. The quantitative estimate of drug-likeness (QED) is 0.644. The van der Waals surface area contributed by atoms with Gasteiger partial charge < -0.3 is 10.1 Å². The van der Waals surface area contributed by atoms with Crippen LogP contribution in [-0.2, 0) is 4.74 Å². The smallest absolute Gasteiger partial charge is 0.0552 e. The number of hydrogen-bond donors (Lipinski definition) is 1. The van der Waals surface area contributed by atoms with Crippen LogP contribution in [0.2, 0.25) is 0 Å². The van der Waals surface area contributed by atoms with Crippen molar-refractivity contribution in [3.8, 4) is 0 Å². The van der Waals surface area contributed by atoms with Crippen LogP contribution in [0.3, 0.4) is 0 Å². The van der Waals surface area contributed by atoms with E-state index in [2.05, 4.69) is 26.1 Å². The maximum atomic E-state index is 4.97. The first-order chi connectivity index (χ1) is 6.06. The summed E-state index contributed by atoms with van der Waals surface area (Å²) in [5.41, 5.74) is 0.261. The lowest BCUT2D eigenvalue weighted by Crippen LogP contribution is -2.36. The molecule has 0 fully saturated rings. The van der Waals surface area contributed by atoms with Gasteiger partial charge in [0.2, 0.25) is 0 Å². The Bertz CT molecular complexity index is 112. The summed E-state index contributed by atoms with van der Waals surface area (Å²) in [6.07, 6.45) is 1.24. The summed E-state index contributed by atoms with van der Waals surface area (Å²) in [4.78, 5) is 0. The Hall–Kier alpha value is 0.270. The van der Waals surface area contributed by atoms with E-state index in [-0.39, 0.29) is 5.54 Å². The van der Waals surface area contributed by atoms with E-state index >= 15 is 0 Å². The van der Waals surface area contributed by atoms with E-state index in [1.54, 1.807) is 7.11 Å². The van der Waals surface area contributed by atoms with Gasteiger partial charge in [-0.3, -0.25) is 0 Å². The maximum absolute atomic E-state index is 4.97. The summed E-state index contributed by atoms with van der Waals surface area (Å²) in [5, 5.41) is 3.47. The molecule has 80 valence electrons. The third-order valence-electron chi connectivity index (χ3n) is 1.55. The van der Waals surface area contributed by atoms with Gasteiger partial charge in [-0.2, -0.15) is 11.8 Å². The van der Waals surface area contributed by atoms with Gasteiger partial charge in [-0.25, -0.2) is 0 Å². The monoisotopic (exact) mass is 205 g/mol. The molecule has 0 amide bonds. The molecule has 0 aliphatic rings. The Morgan fingerprint density at radius 2 is 1.92 bits per heavy atom. The van der Waals surface area contributed by atoms with E-state index < -0.39 is 0 Å². The Kier molecular flexibility index (Phi) is 7.81. The van der Waals surface area contributed by atoms with E-state index in [4.69, 9.17) is 4.74 Å². The summed E-state index contributed by atoms with van der Waals surface area (Å²) in [6, 6.07) is 0. The zero-order chi connectivity index (χ0) is 10.2. The highest BCUT2D eigenvalue weighted by Gasteiger charge is 2.06. The predicted octanol–water partition coefficient (Wildman–Crippen LogP) is 2.14. The summed E-state index contributed by atoms with van der Waals surface area (Å²) >= 11 is 1.96. The van der Waals surface area contributed by atoms with Crippen LogP contribution < -0.4 is 5.32 Å². The Labute approximate surface area is 86.8 Å². The van der Waals surface area contributed by atoms with E-state index in [1.165, 1.54) is 12.2 Å². The standard InChI is InChI=1S/C10H23NOS/c1-10(2,3)11-6-5-8-13-9-7-12-4/h11H,5-9H2,1-4H3. The molecule has 0 atom stereocenters. The predicted molar refractivity (Wildman–Crippen MR) is 61.6 cm³/mol. The van der Waals surface area contributed by atoms with Crippen molar-refractivity contribution in [1.82, 2.24) is 5.32 Å². The molecule has 0 bridgehead atoms. The first-order valence-electron chi connectivity index (χ1n) is 4.88. The minimum Gasteiger partial charge on any atom is -0.384 e. The van der Waals surface area contributed by atoms with Gasteiger partial charge in [-0.1, -0.05) is 0 Å². The number of hydrogen-bond acceptors (Lipinski definition) is 3. The molecular formula is C10H23NOS. The molecular weight excluding hydrogens is 182 g/mol. The van der Waals surface area contributed by atoms with Gasteiger partial charge in [-0.15, -0.1) is 0 Å². The molecule has 0 aliphatic heterocycles. The van der Waals surface area contributed by atoms with Gasteiger partial charge in [0.05, 0.1) is 6.61 Å². The largest absolute Gasteiger partial charge is 0.384 e. The fourth-order valence-corrected chi connectivity index (χ4v) is 1.72. The van der Waals surface area contributed by atoms with Crippen LogP contribution in [-0.4, -0.2) is 37.3 Å². The van der Waals surface area contributed by atoms with Crippen LogP contribution in [0.4, 0.5) is 0 Å². The molecule has 0 saturated carbocycles. The lowest BCUT2D eigenvalue weighted by molar-refractivity contribution is 0.218. The van der Waals surface area contributed by atoms with Crippen molar-refractivity contribution in [3.05, 3.63) is 0 Å². The van der Waals surface area contributed by atoms with Crippen molar-refractivity contribution >= 4 is 11.8 Å². The van der Waals surface area contributed by atoms with E-state index in [0.29, 0.717) is 0 Å². The van der Waals surface area contributed by atoms with Gasteiger partial charge in [0.15, 0.2) is 0 Å². The molecule has 0 heterocycles. The summed E-state index contributed by atoms with van der Waals surface area (Å²) < 4.78 is 4.97. The molecule has 0 aliphatic carbocycles. The van der Waals surface area contributed by atoms with E-state index in [0.717, 1.165) is 18.9 Å². The number of ether oxygens (including phenoxy) is 1. The SMILES string of the molecule is COCCSCCCNC(C)(C)C. The molecule has 0 aromatic carbocycles. The zero-order valence-electron chi connectivity index (χ0n) is 9.35. The fourth-order valence-electron chi connectivity index (χ4n) is 0.882. The minimum atomic E-state index is 0.261. The van der Waals surface area contributed by atoms with Gasteiger partial charge >= 0.3 is 0 Å². The topological polar surface area (TPSA) is 21.3 Å². The molecule has 3 heteroatoms. The summed E-state index contributed by atoms with van der Waals surface area (Å²) in [6.45, 7) is 8.59. The Morgan fingerprint density at radius 3 is 2.46 bits per heavy atom. The molecule has 0 radical (unpaired) electrons. The highest BCUT2D eigenvalue weighted by Crippen LogP contribution is 2.03. The van der Waals surface area contributed by atoms with Crippen molar-refractivity contribution in [1.29, 1.82) is 0 Å². The normalized spacial score (nSPS) is 12.0. The van der Waals surface area contributed by atoms with Crippen LogP contribution >= 0.6 is 11.8 Å². The van der Waals surface area contributed by atoms with Crippen LogP contribution in [0, 0.1) is 0 Å². The number of nitrogens with one attached hydrogen (secondary N) is 1. The van der Waals surface area contributed by atoms with Crippen molar-refractivity contribution in [2.24, 2.45) is 0 Å². The third kappa shape index (κ3) is 12.3. The summed E-state index contributed by atoms with van der Waals surface area (Å²) in [5.74, 6) is 2.35. The zero-order valence-corrected chi connectivity index (χ0v) is 10.2. The average molecular weight is 205 g/mol. The van der Waals surface area contributed by atoms with Crippen LogP contribution in [0.25, 0.3) is 0 Å². The minimum absolute atomic E-state index is 0.261. The third-order valence-corrected chi connectivity index (χ3v) is 2.59. The first kappa shape index (κ1) is 13.3. The van der Waals surface area contributed by atoms with Gasteiger partial charge in [0.1, 0.15) is 0 Å². The fraction of sp³-hybridized carbons (Fsp3) is 1.00. The molecule has 0 unspecified atom stereocenters. The summed E-state index contributed by atoms with van der Waals surface area (Å²) in [7, 11) is 1.75. The second-order valence-electron chi connectivity index (χ2n) is 4.14. The molecule has 0 saturated heterocycles. The number of methoxy groups -OCH3 is 1. The van der Waals surface area contributed by atoms with Crippen LogP contribution in [0.15, 0.2) is 0 Å². The van der Waals surface area contributed by atoms with Gasteiger partial charge in [0, 0.05) is 18.4 Å². The van der Waals surface area contributed by atoms with Crippen molar-refractivity contribution in [3.63, 3.8) is 0 Å². The van der Waals surface area contributed by atoms with Crippen LogP contribution in [0.1, 0.15) is 27.2 Å². The lowest BCUT2D eigenvalue weighted by Gasteiger charge is -2.20. The highest BCUT2D eigenvalue weighted by atomic mass is 32.2. The number of thioether (sulfide) groups is 1. The number of rotatable bonds is 7. The van der Waals surface area contributed by atoms with Crippen molar-refractivity contribution in [2.45, 2.75) is 32.7 Å². The Balaban J connectivity index is 3.00. The lowest BCUT2D eigenvalue weighted by atomic mass is 10.1. The molecule has 1 N–H and O–H groups in total. The molecule has 0 rings (SSSR count). The second kappa shape index (κ2) is 7.65. The average Bonchev–Trinajstić information content (AvgIpc) is 2.01. The van der Waals surface area contributed by atoms with Gasteiger partial charge in [0.25, 0.3) is 0 Å². The van der Waals surface area contributed by atoms with E-state index in [9.17, 15) is 0 Å². The Morgan fingerprint density at radius 1 is 1.23 bits per heavy atom. The highest BCUT2D eigenvalue weighted by molar-refractivity contribution is 7.99. The van der Waals surface area contributed by atoms with Gasteiger partial charge in [-0.05, 0) is 39.5 Å². The van der Waals surface area contributed by atoms with Crippen molar-refractivity contribution < 1.29 is 4.74 Å². The van der Waals surface area contributed by atoms with E-state index in [1.807, 2.05) is 11.8 Å². The molecule has 2 nitrogen and oxygen atoms in total. The van der Waals surface area contributed by atoms with Crippen LogP contribution in [0.5, 0.6) is 0 Å². The second-order valence-corrected chi connectivity index (χ2v) is 5.36. The maximum Gasteiger partial charge on any atom is 0.0552 e. The first-order valence-corrected chi connectivity index (χ1v) is 6.03. The molecule has 0 aromatic rings. The molecule has 0 aromatic heterocycles.